The van der Waals surface area contributed by atoms with Crippen LogP contribution in [0.3, 0.4) is 0 Å². The SMILES string of the molecule is CC(C)NC(=O)[C@H]1O[C@H](CCN2CCC(CO)CC2)CC[C@@H]1O. The molecule has 6 nitrogen and oxygen atoms in total. The number of likely N-dealkylation sites (tertiary alicyclic amines) is 1. The highest BCUT2D eigenvalue weighted by Crippen LogP contribution is 2.23. The van der Waals surface area contributed by atoms with E-state index in [-0.39, 0.29) is 18.1 Å². The number of hydrogen-bond acceptors (Lipinski definition) is 5. The van der Waals surface area contributed by atoms with Crippen molar-refractivity contribution >= 4 is 5.91 Å². The average molecular weight is 328 g/mol. The molecule has 3 N–H and O–H groups in total. The molecule has 1 amide bonds. The Hall–Kier alpha value is -0.690. The molecule has 0 unspecified atom stereocenters. The van der Waals surface area contributed by atoms with Gasteiger partial charge in [0.05, 0.1) is 12.2 Å². The summed E-state index contributed by atoms with van der Waals surface area (Å²) in [4.78, 5) is 14.5. The number of hydrogen-bond donors (Lipinski definition) is 3. The number of nitrogens with one attached hydrogen (secondary N) is 1. The van der Waals surface area contributed by atoms with Gasteiger partial charge in [-0.05, 0) is 65.0 Å². The number of amides is 1. The Bertz CT molecular complexity index is 370. The number of ether oxygens (including phenoxy) is 1. The van der Waals surface area contributed by atoms with E-state index in [1.807, 2.05) is 13.8 Å². The molecule has 2 aliphatic rings. The van der Waals surface area contributed by atoms with Crippen LogP contribution in [0.4, 0.5) is 0 Å². The Morgan fingerprint density at radius 3 is 2.57 bits per heavy atom. The highest BCUT2D eigenvalue weighted by Gasteiger charge is 2.35. The maximum absolute atomic E-state index is 12.1. The normalized spacial score (nSPS) is 30.6. The van der Waals surface area contributed by atoms with Gasteiger partial charge in [0.1, 0.15) is 0 Å². The summed E-state index contributed by atoms with van der Waals surface area (Å²) in [6.07, 6.45) is 3.02. The number of aliphatic hydroxyl groups excluding tert-OH is 2. The van der Waals surface area contributed by atoms with Crippen molar-refractivity contribution in [3.05, 3.63) is 0 Å². The van der Waals surface area contributed by atoms with Crippen LogP contribution in [0.15, 0.2) is 0 Å². The van der Waals surface area contributed by atoms with Crippen LogP contribution >= 0.6 is 0 Å². The molecule has 6 heteroatoms. The van der Waals surface area contributed by atoms with E-state index in [1.165, 1.54) is 0 Å². The molecule has 0 aromatic heterocycles. The van der Waals surface area contributed by atoms with E-state index in [0.29, 0.717) is 18.9 Å². The molecule has 0 bridgehead atoms. The van der Waals surface area contributed by atoms with Crippen molar-refractivity contribution < 1.29 is 19.7 Å². The number of rotatable bonds is 6. The van der Waals surface area contributed by atoms with Crippen molar-refractivity contribution in [1.82, 2.24) is 10.2 Å². The van der Waals surface area contributed by atoms with Crippen LogP contribution in [-0.4, -0.2) is 71.6 Å². The van der Waals surface area contributed by atoms with Crippen molar-refractivity contribution in [2.45, 2.75) is 70.3 Å². The molecule has 0 radical (unpaired) electrons. The van der Waals surface area contributed by atoms with Gasteiger partial charge >= 0.3 is 0 Å². The fourth-order valence-corrected chi connectivity index (χ4v) is 3.41. The maximum Gasteiger partial charge on any atom is 0.252 e. The van der Waals surface area contributed by atoms with Crippen molar-refractivity contribution in [3.63, 3.8) is 0 Å². The molecule has 2 fully saturated rings. The zero-order valence-electron chi connectivity index (χ0n) is 14.4. The maximum atomic E-state index is 12.1. The molecule has 2 rings (SSSR count). The van der Waals surface area contributed by atoms with Gasteiger partial charge in [0.25, 0.3) is 5.91 Å². The van der Waals surface area contributed by atoms with Crippen LogP contribution in [-0.2, 0) is 9.53 Å². The largest absolute Gasteiger partial charge is 0.396 e. The van der Waals surface area contributed by atoms with E-state index in [2.05, 4.69) is 10.2 Å². The summed E-state index contributed by atoms with van der Waals surface area (Å²) in [7, 11) is 0. The lowest BCUT2D eigenvalue weighted by atomic mass is 9.96. The van der Waals surface area contributed by atoms with Crippen molar-refractivity contribution in [2.24, 2.45) is 5.92 Å². The minimum absolute atomic E-state index is 0.0388. The second-order valence-electron chi connectivity index (χ2n) is 7.24. The van der Waals surface area contributed by atoms with Gasteiger partial charge in [-0.25, -0.2) is 0 Å². The Morgan fingerprint density at radius 1 is 1.26 bits per heavy atom. The minimum atomic E-state index is -0.740. The molecule has 0 saturated carbocycles. The molecule has 0 aromatic carbocycles. The van der Waals surface area contributed by atoms with E-state index < -0.39 is 12.2 Å². The zero-order valence-corrected chi connectivity index (χ0v) is 14.4. The number of nitrogens with zero attached hydrogens (tertiary/aromatic N) is 1. The molecule has 2 saturated heterocycles. The number of piperidine rings is 1. The number of carbonyl (C=O) groups is 1. The first-order valence-corrected chi connectivity index (χ1v) is 8.96. The fourth-order valence-electron chi connectivity index (χ4n) is 3.41. The second kappa shape index (κ2) is 8.97. The lowest BCUT2D eigenvalue weighted by Gasteiger charge is -2.36. The van der Waals surface area contributed by atoms with Crippen LogP contribution in [0.5, 0.6) is 0 Å². The van der Waals surface area contributed by atoms with Crippen LogP contribution in [0.1, 0.15) is 46.0 Å². The first kappa shape index (κ1) is 18.6. The molecule has 0 aromatic rings. The first-order chi connectivity index (χ1) is 11.0. The quantitative estimate of drug-likeness (QED) is 0.662. The van der Waals surface area contributed by atoms with Crippen LogP contribution in [0.2, 0.25) is 0 Å². The van der Waals surface area contributed by atoms with Gasteiger partial charge in [0.2, 0.25) is 0 Å². The van der Waals surface area contributed by atoms with Crippen molar-refractivity contribution in [1.29, 1.82) is 0 Å². The van der Waals surface area contributed by atoms with Gasteiger partial charge in [0.15, 0.2) is 6.10 Å². The third-order valence-electron chi connectivity index (χ3n) is 4.89. The molecule has 23 heavy (non-hydrogen) atoms. The highest BCUT2D eigenvalue weighted by molar-refractivity contribution is 5.81. The number of aliphatic hydroxyl groups is 2. The molecule has 2 aliphatic heterocycles. The molecule has 0 aliphatic carbocycles. The molecule has 2 heterocycles. The van der Waals surface area contributed by atoms with Crippen LogP contribution < -0.4 is 5.32 Å². The zero-order chi connectivity index (χ0) is 16.8. The van der Waals surface area contributed by atoms with E-state index >= 15 is 0 Å². The van der Waals surface area contributed by atoms with Gasteiger partial charge in [-0.2, -0.15) is 0 Å². The highest BCUT2D eigenvalue weighted by atomic mass is 16.5. The Kier molecular flexibility index (Phi) is 7.27. The summed E-state index contributed by atoms with van der Waals surface area (Å²) in [5, 5.41) is 22.0. The Labute approximate surface area is 139 Å². The topological polar surface area (TPSA) is 82.0 Å². The molecule has 0 spiro atoms. The Balaban J connectivity index is 1.74. The van der Waals surface area contributed by atoms with Gasteiger partial charge in [0, 0.05) is 19.2 Å². The average Bonchev–Trinajstić information content (AvgIpc) is 2.53. The predicted octanol–water partition coefficient (Wildman–Crippen LogP) is 0.514. The van der Waals surface area contributed by atoms with Gasteiger partial charge in [-0.15, -0.1) is 0 Å². The van der Waals surface area contributed by atoms with E-state index in [0.717, 1.165) is 45.3 Å². The first-order valence-electron chi connectivity index (χ1n) is 8.96. The molecule has 134 valence electrons. The lowest BCUT2D eigenvalue weighted by molar-refractivity contribution is -0.159. The van der Waals surface area contributed by atoms with E-state index in [9.17, 15) is 15.0 Å². The monoisotopic (exact) mass is 328 g/mol. The van der Waals surface area contributed by atoms with Crippen LogP contribution in [0.25, 0.3) is 0 Å². The molecule has 3 atom stereocenters. The molecular weight excluding hydrogens is 296 g/mol. The summed E-state index contributed by atoms with van der Waals surface area (Å²) in [5.74, 6) is 0.248. The van der Waals surface area contributed by atoms with Crippen molar-refractivity contribution in [2.75, 3.05) is 26.2 Å². The Morgan fingerprint density at radius 2 is 1.96 bits per heavy atom. The summed E-state index contributed by atoms with van der Waals surface area (Å²) in [6.45, 7) is 7.11. The van der Waals surface area contributed by atoms with Gasteiger partial charge in [-0.3, -0.25) is 4.79 Å². The summed E-state index contributed by atoms with van der Waals surface area (Å²) < 4.78 is 5.87. The minimum Gasteiger partial charge on any atom is -0.396 e. The van der Waals surface area contributed by atoms with E-state index in [1.54, 1.807) is 0 Å². The standard InChI is InChI=1S/C17H32N2O4/c1-12(2)18-17(22)16-15(21)4-3-14(23-16)7-10-19-8-5-13(11-20)6-9-19/h12-16,20-21H,3-11H2,1-2H3,(H,18,22)/t14-,15-,16-/m0/s1. The van der Waals surface area contributed by atoms with Gasteiger partial charge in [-0.1, -0.05) is 0 Å². The third kappa shape index (κ3) is 5.71. The third-order valence-corrected chi connectivity index (χ3v) is 4.89. The van der Waals surface area contributed by atoms with Crippen molar-refractivity contribution in [3.8, 4) is 0 Å². The molecular formula is C17H32N2O4. The lowest BCUT2D eigenvalue weighted by Crippen LogP contribution is -2.50. The summed E-state index contributed by atoms with van der Waals surface area (Å²) >= 11 is 0. The predicted molar refractivity (Wildman–Crippen MR) is 88.0 cm³/mol. The summed E-state index contributed by atoms with van der Waals surface area (Å²) in [5.41, 5.74) is 0. The number of carbonyl (C=O) groups excluding carboxylic acids is 1. The smallest absolute Gasteiger partial charge is 0.252 e. The second-order valence-corrected chi connectivity index (χ2v) is 7.24. The van der Waals surface area contributed by atoms with Gasteiger partial charge < -0.3 is 25.2 Å². The van der Waals surface area contributed by atoms with Crippen LogP contribution in [0, 0.1) is 5.92 Å². The summed E-state index contributed by atoms with van der Waals surface area (Å²) in [6, 6.07) is 0.0477. The van der Waals surface area contributed by atoms with E-state index in [4.69, 9.17) is 4.74 Å². The fraction of sp³-hybridized carbons (Fsp3) is 0.941.